The van der Waals surface area contributed by atoms with Gasteiger partial charge in [-0.25, -0.2) is 8.42 Å². The molecule has 0 spiro atoms. The molecule has 1 aromatic rings. The molecule has 4 nitrogen and oxygen atoms in total. The van der Waals surface area contributed by atoms with Crippen molar-refractivity contribution in [3.63, 3.8) is 0 Å². The minimum Gasteiger partial charge on any atom is -0.326 e. The van der Waals surface area contributed by atoms with Crippen molar-refractivity contribution in [1.82, 2.24) is 4.31 Å². The topological polar surface area (TPSA) is 63.4 Å². The third-order valence-corrected chi connectivity index (χ3v) is 6.37. The van der Waals surface area contributed by atoms with Gasteiger partial charge in [-0.1, -0.05) is 22.4 Å². The Labute approximate surface area is 123 Å². The average Bonchev–Trinajstić information content (AvgIpc) is 2.42. The van der Waals surface area contributed by atoms with Gasteiger partial charge < -0.3 is 5.73 Å². The summed E-state index contributed by atoms with van der Waals surface area (Å²) in [5, 5.41) is 0. The molecule has 6 heteroatoms. The number of sulfonamides is 1. The van der Waals surface area contributed by atoms with Gasteiger partial charge in [-0.3, -0.25) is 0 Å². The third-order valence-electron chi connectivity index (χ3n) is 3.53. The zero-order chi connectivity index (χ0) is 14.0. The molecule has 1 aromatic carbocycles. The van der Waals surface area contributed by atoms with E-state index >= 15 is 0 Å². The quantitative estimate of drug-likeness (QED) is 0.913. The van der Waals surface area contributed by atoms with E-state index in [1.54, 1.807) is 10.4 Å². The van der Waals surface area contributed by atoms with E-state index in [1.807, 2.05) is 13.0 Å². The van der Waals surface area contributed by atoms with Gasteiger partial charge in [-0.15, -0.1) is 0 Å². The van der Waals surface area contributed by atoms with E-state index in [4.69, 9.17) is 5.73 Å². The molecule has 0 radical (unpaired) electrons. The fourth-order valence-electron chi connectivity index (χ4n) is 2.34. The van der Waals surface area contributed by atoms with E-state index in [0.29, 0.717) is 24.5 Å². The Morgan fingerprint density at radius 1 is 1.26 bits per heavy atom. The Morgan fingerprint density at radius 2 is 1.89 bits per heavy atom. The molecule has 0 aromatic heterocycles. The summed E-state index contributed by atoms with van der Waals surface area (Å²) in [4.78, 5) is 0.379. The fourth-order valence-corrected chi connectivity index (χ4v) is 4.79. The summed E-state index contributed by atoms with van der Waals surface area (Å²) in [6.45, 7) is 3.39. The zero-order valence-corrected chi connectivity index (χ0v) is 13.4. The van der Waals surface area contributed by atoms with E-state index in [9.17, 15) is 8.42 Å². The summed E-state index contributed by atoms with van der Waals surface area (Å²) in [6.07, 6.45) is 2.99. The molecule has 1 aliphatic rings. The van der Waals surface area contributed by atoms with Gasteiger partial charge in [-0.2, -0.15) is 4.31 Å². The second-order valence-corrected chi connectivity index (χ2v) is 7.63. The number of nitrogens with zero attached hydrogens (tertiary/aromatic N) is 1. The number of benzene rings is 1. The summed E-state index contributed by atoms with van der Waals surface area (Å²) < 4.78 is 27.8. The number of halogens is 1. The van der Waals surface area contributed by atoms with Crippen molar-refractivity contribution in [2.75, 3.05) is 13.1 Å². The molecule has 2 N–H and O–H groups in total. The maximum Gasteiger partial charge on any atom is 0.243 e. The van der Waals surface area contributed by atoms with Crippen LogP contribution in [0.4, 0.5) is 0 Å². The van der Waals surface area contributed by atoms with Crippen molar-refractivity contribution < 1.29 is 8.42 Å². The molecule has 1 fully saturated rings. The standard InChI is InChI=1S/C13H19BrN2O2S/c1-10-12(14)7-11(9-15)8-13(10)19(17,18)16-5-3-2-4-6-16/h7-8H,2-6,9,15H2,1H3. The summed E-state index contributed by atoms with van der Waals surface area (Å²) in [5.41, 5.74) is 7.21. The van der Waals surface area contributed by atoms with Crippen LogP contribution in [-0.4, -0.2) is 25.8 Å². The molecule has 1 saturated heterocycles. The molecule has 0 bridgehead atoms. The summed E-state index contributed by atoms with van der Waals surface area (Å²) >= 11 is 3.42. The van der Waals surface area contributed by atoms with Crippen LogP contribution in [0.2, 0.25) is 0 Å². The molecule has 106 valence electrons. The minimum absolute atomic E-state index is 0.335. The number of rotatable bonds is 3. The van der Waals surface area contributed by atoms with Crippen molar-refractivity contribution in [1.29, 1.82) is 0 Å². The van der Waals surface area contributed by atoms with Crippen LogP contribution in [0.5, 0.6) is 0 Å². The van der Waals surface area contributed by atoms with Crippen LogP contribution in [-0.2, 0) is 16.6 Å². The molecule has 19 heavy (non-hydrogen) atoms. The van der Waals surface area contributed by atoms with Crippen LogP contribution in [0.3, 0.4) is 0 Å². The van der Waals surface area contributed by atoms with Crippen LogP contribution in [0.1, 0.15) is 30.4 Å². The molecule has 0 atom stereocenters. The normalized spacial score (nSPS) is 17.6. The molecular weight excluding hydrogens is 328 g/mol. The lowest BCUT2D eigenvalue weighted by atomic mass is 10.1. The lowest BCUT2D eigenvalue weighted by Gasteiger charge is -2.27. The van der Waals surface area contributed by atoms with E-state index in [-0.39, 0.29) is 0 Å². The minimum atomic E-state index is -3.40. The van der Waals surface area contributed by atoms with Crippen LogP contribution in [0.15, 0.2) is 21.5 Å². The predicted molar refractivity (Wildman–Crippen MR) is 79.4 cm³/mol. The predicted octanol–water partition coefficient (Wildman–Crippen LogP) is 2.39. The van der Waals surface area contributed by atoms with Crippen LogP contribution >= 0.6 is 15.9 Å². The van der Waals surface area contributed by atoms with Gasteiger partial charge in [0.25, 0.3) is 0 Å². The van der Waals surface area contributed by atoms with E-state index in [0.717, 1.165) is 34.9 Å². The molecule has 0 unspecified atom stereocenters. The number of piperidine rings is 1. The number of hydrogen-bond donors (Lipinski definition) is 1. The highest BCUT2D eigenvalue weighted by molar-refractivity contribution is 9.10. The van der Waals surface area contributed by atoms with Gasteiger partial charge >= 0.3 is 0 Å². The molecule has 0 amide bonds. The maximum absolute atomic E-state index is 12.7. The average molecular weight is 347 g/mol. The highest BCUT2D eigenvalue weighted by Gasteiger charge is 2.28. The monoisotopic (exact) mass is 346 g/mol. The lowest BCUT2D eigenvalue weighted by Crippen LogP contribution is -2.36. The first-order valence-corrected chi connectivity index (χ1v) is 8.69. The largest absolute Gasteiger partial charge is 0.326 e. The Kier molecular flexibility index (Phi) is 4.66. The number of nitrogens with two attached hydrogens (primary N) is 1. The van der Waals surface area contributed by atoms with Crippen molar-refractivity contribution >= 4 is 26.0 Å². The highest BCUT2D eigenvalue weighted by atomic mass is 79.9. The summed E-state index contributed by atoms with van der Waals surface area (Å²) in [6, 6.07) is 3.58. The summed E-state index contributed by atoms with van der Waals surface area (Å²) in [5.74, 6) is 0. The third kappa shape index (κ3) is 3.02. The van der Waals surface area contributed by atoms with Gasteiger partial charge in [0.05, 0.1) is 4.90 Å². The molecule has 0 saturated carbocycles. The van der Waals surface area contributed by atoms with Gasteiger partial charge in [0, 0.05) is 24.1 Å². The SMILES string of the molecule is Cc1c(Br)cc(CN)cc1S(=O)(=O)N1CCCCC1. The van der Waals surface area contributed by atoms with Gasteiger partial charge in [0.1, 0.15) is 0 Å². The molecule has 1 heterocycles. The molecule has 2 rings (SSSR count). The molecule has 1 aliphatic heterocycles. The van der Waals surface area contributed by atoms with Crippen LogP contribution in [0.25, 0.3) is 0 Å². The van der Waals surface area contributed by atoms with Crippen molar-refractivity contribution in [3.05, 3.63) is 27.7 Å². The second-order valence-electron chi connectivity index (χ2n) is 4.87. The van der Waals surface area contributed by atoms with Crippen molar-refractivity contribution in [2.45, 2.75) is 37.6 Å². The first kappa shape index (κ1) is 15.0. The van der Waals surface area contributed by atoms with Gasteiger partial charge in [0.2, 0.25) is 10.0 Å². The van der Waals surface area contributed by atoms with Crippen LogP contribution < -0.4 is 5.73 Å². The Balaban J connectivity index is 2.47. The van der Waals surface area contributed by atoms with Gasteiger partial charge in [-0.05, 0) is 43.0 Å². The van der Waals surface area contributed by atoms with Crippen molar-refractivity contribution in [2.24, 2.45) is 5.73 Å². The maximum atomic E-state index is 12.7. The molecular formula is C13H19BrN2O2S. The van der Waals surface area contributed by atoms with E-state index < -0.39 is 10.0 Å². The Morgan fingerprint density at radius 3 is 2.47 bits per heavy atom. The highest BCUT2D eigenvalue weighted by Crippen LogP contribution is 2.29. The zero-order valence-electron chi connectivity index (χ0n) is 11.0. The van der Waals surface area contributed by atoms with E-state index in [2.05, 4.69) is 15.9 Å². The van der Waals surface area contributed by atoms with Gasteiger partial charge in [0.15, 0.2) is 0 Å². The number of hydrogen-bond acceptors (Lipinski definition) is 3. The fraction of sp³-hybridized carbons (Fsp3) is 0.538. The lowest BCUT2D eigenvalue weighted by molar-refractivity contribution is 0.346. The van der Waals surface area contributed by atoms with Crippen molar-refractivity contribution in [3.8, 4) is 0 Å². The van der Waals surface area contributed by atoms with Crippen LogP contribution in [0, 0.1) is 6.92 Å². The smallest absolute Gasteiger partial charge is 0.243 e. The van der Waals surface area contributed by atoms with E-state index in [1.165, 1.54) is 0 Å². The first-order chi connectivity index (χ1) is 8.96. The Bertz CT molecular complexity index is 566. The Hall–Kier alpha value is -0.430. The second kappa shape index (κ2) is 5.91. The summed E-state index contributed by atoms with van der Waals surface area (Å²) in [7, 11) is -3.40. The first-order valence-electron chi connectivity index (χ1n) is 6.46. The molecule has 0 aliphatic carbocycles.